The van der Waals surface area contributed by atoms with Crippen molar-refractivity contribution < 1.29 is 8.42 Å². The summed E-state index contributed by atoms with van der Waals surface area (Å²) >= 11 is 5.75. The van der Waals surface area contributed by atoms with Gasteiger partial charge in [0, 0.05) is 18.5 Å². The van der Waals surface area contributed by atoms with Gasteiger partial charge in [0.05, 0.1) is 5.75 Å². The Morgan fingerprint density at radius 3 is 2.22 bits per heavy atom. The fourth-order valence-corrected chi connectivity index (χ4v) is 5.00. The zero-order valence-corrected chi connectivity index (χ0v) is 13.3. The normalized spacial score (nSPS) is 19.9. The molecule has 0 aliphatic heterocycles. The molecule has 1 atom stereocenters. The molecule has 18 heavy (non-hydrogen) atoms. The second kappa shape index (κ2) is 7.11. The van der Waals surface area contributed by atoms with Gasteiger partial charge in [0.25, 0.3) is 0 Å². The lowest BCUT2D eigenvalue weighted by molar-refractivity contribution is 0.291. The van der Waals surface area contributed by atoms with Gasteiger partial charge in [-0.1, -0.05) is 33.6 Å². The van der Waals surface area contributed by atoms with Crippen LogP contribution < -0.4 is 0 Å². The Morgan fingerprint density at radius 1 is 1.22 bits per heavy atom. The van der Waals surface area contributed by atoms with E-state index in [0.29, 0.717) is 18.3 Å². The van der Waals surface area contributed by atoms with Gasteiger partial charge in [-0.05, 0) is 24.7 Å². The van der Waals surface area contributed by atoms with Crippen molar-refractivity contribution in [2.75, 3.05) is 18.2 Å². The standard InChI is InChI=1S/C13H26ClNO2S/c1-11(2)9-15(13-6-4-5-7-13)18(16,17)10-12(3)8-14/h11-13H,4-10H2,1-3H3. The molecule has 0 bridgehead atoms. The predicted octanol–water partition coefficient (Wildman–Crippen LogP) is 3.09. The maximum Gasteiger partial charge on any atom is 0.214 e. The minimum absolute atomic E-state index is 0.0210. The highest BCUT2D eigenvalue weighted by Crippen LogP contribution is 2.27. The average molecular weight is 296 g/mol. The van der Waals surface area contributed by atoms with E-state index >= 15 is 0 Å². The van der Waals surface area contributed by atoms with E-state index in [2.05, 4.69) is 13.8 Å². The van der Waals surface area contributed by atoms with E-state index in [1.165, 1.54) is 0 Å². The van der Waals surface area contributed by atoms with Crippen molar-refractivity contribution in [1.82, 2.24) is 4.31 Å². The van der Waals surface area contributed by atoms with Crippen LogP contribution in [0.4, 0.5) is 0 Å². The maximum atomic E-state index is 12.5. The first-order valence-electron chi connectivity index (χ1n) is 6.92. The number of rotatable bonds is 7. The van der Waals surface area contributed by atoms with Crippen molar-refractivity contribution in [1.29, 1.82) is 0 Å². The summed E-state index contributed by atoms with van der Waals surface area (Å²) in [6.45, 7) is 6.68. The molecule has 0 spiro atoms. The molecule has 0 N–H and O–H groups in total. The number of alkyl halides is 1. The Hall–Kier alpha value is 0.200. The lowest BCUT2D eigenvalue weighted by Gasteiger charge is -2.30. The van der Waals surface area contributed by atoms with Gasteiger partial charge in [-0.25, -0.2) is 8.42 Å². The molecule has 1 aliphatic rings. The van der Waals surface area contributed by atoms with Crippen LogP contribution >= 0.6 is 11.6 Å². The van der Waals surface area contributed by atoms with Crippen LogP contribution in [0.5, 0.6) is 0 Å². The first-order chi connectivity index (χ1) is 8.36. The summed E-state index contributed by atoms with van der Waals surface area (Å²) in [7, 11) is -3.16. The molecular formula is C13H26ClNO2S. The molecule has 108 valence electrons. The lowest BCUT2D eigenvalue weighted by atomic mass is 10.2. The third-order valence-corrected chi connectivity index (χ3v) is 6.07. The third kappa shape index (κ3) is 4.71. The van der Waals surface area contributed by atoms with E-state index in [-0.39, 0.29) is 17.7 Å². The highest BCUT2D eigenvalue weighted by Gasteiger charge is 2.33. The average Bonchev–Trinajstić information content (AvgIpc) is 2.77. The van der Waals surface area contributed by atoms with Crippen LogP contribution in [-0.4, -0.2) is 36.9 Å². The molecule has 1 aliphatic carbocycles. The fraction of sp³-hybridized carbons (Fsp3) is 1.00. The first kappa shape index (κ1) is 16.3. The van der Waals surface area contributed by atoms with Crippen molar-refractivity contribution in [3.05, 3.63) is 0 Å². The summed E-state index contributed by atoms with van der Waals surface area (Å²) < 4.78 is 26.7. The quantitative estimate of drug-likeness (QED) is 0.677. The molecule has 0 heterocycles. The Labute approximate surface area is 117 Å². The summed E-state index contributed by atoms with van der Waals surface area (Å²) in [4.78, 5) is 0. The Kier molecular flexibility index (Phi) is 6.42. The highest BCUT2D eigenvalue weighted by molar-refractivity contribution is 7.89. The largest absolute Gasteiger partial charge is 0.214 e. The van der Waals surface area contributed by atoms with E-state index in [1.807, 2.05) is 6.92 Å². The smallest absolute Gasteiger partial charge is 0.212 e. The van der Waals surface area contributed by atoms with Crippen LogP contribution in [0.3, 0.4) is 0 Å². The molecule has 0 saturated heterocycles. The van der Waals surface area contributed by atoms with Crippen LogP contribution in [0.25, 0.3) is 0 Å². The maximum absolute atomic E-state index is 12.5. The molecule has 1 rings (SSSR count). The van der Waals surface area contributed by atoms with Gasteiger partial charge in [0.2, 0.25) is 10.0 Å². The van der Waals surface area contributed by atoms with Crippen LogP contribution in [0.2, 0.25) is 0 Å². The topological polar surface area (TPSA) is 37.4 Å². The van der Waals surface area contributed by atoms with E-state index in [1.54, 1.807) is 4.31 Å². The van der Waals surface area contributed by atoms with Crippen molar-refractivity contribution in [2.45, 2.75) is 52.5 Å². The predicted molar refractivity (Wildman–Crippen MR) is 77.5 cm³/mol. The van der Waals surface area contributed by atoms with E-state index in [0.717, 1.165) is 25.7 Å². The number of halogens is 1. The Bertz CT molecular complexity index is 337. The minimum atomic E-state index is -3.16. The Balaban J connectivity index is 2.80. The zero-order valence-electron chi connectivity index (χ0n) is 11.7. The highest BCUT2D eigenvalue weighted by atomic mass is 35.5. The van der Waals surface area contributed by atoms with Gasteiger partial charge in [0.15, 0.2) is 0 Å². The Morgan fingerprint density at radius 2 is 1.78 bits per heavy atom. The van der Waals surface area contributed by atoms with Gasteiger partial charge in [0.1, 0.15) is 0 Å². The molecule has 0 aromatic rings. The molecule has 1 unspecified atom stereocenters. The summed E-state index contributed by atoms with van der Waals surface area (Å²) in [5.74, 6) is 0.971. The third-order valence-electron chi connectivity index (χ3n) is 3.39. The van der Waals surface area contributed by atoms with E-state index in [4.69, 9.17) is 11.6 Å². The molecule has 5 heteroatoms. The van der Waals surface area contributed by atoms with Crippen molar-refractivity contribution in [3.63, 3.8) is 0 Å². The number of hydrogen-bond donors (Lipinski definition) is 0. The van der Waals surface area contributed by atoms with Gasteiger partial charge >= 0.3 is 0 Å². The SMILES string of the molecule is CC(C)CN(C1CCCC1)S(=O)(=O)CC(C)CCl. The summed E-state index contributed by atoms with van der Waals surface area (Å²) in [5, 5.41) is 0. The second-order valence-corrected chi connectivity index (χ2v) is 8.21. The van der Waals surface area contributed by atoms with Crippen LogP contribution in [0.1, 0.15) is 46.5 Å². The van der Waals surface area contributed by atoms with Crippen LogP contribution in [0, 0.1) is 11.8 Å². The monoisotopic (exact) mass is 295 g/mol. The molecular weight excluding hydrogens is 270 g/mol. The van der Waals surface area contributed by atoms with Crippen molar-refractivity contribution in [2.24, 2.45) is 11.8 Å². The summed E-state index contributed by atoms with van der Waals surface area (Å²) in [6, 6.07) is 0.222. The fourth-order valence-electron chi connectivity index (χ4n) is 2.54. The first-order valence-corrected chi connectivity index (χ1v) is 9.06. The lowest BCUT2D eigenvalue weighted by Crippen LogP contribution is -2.43. The zero-order chi connectivity index (χ0) is 13.8. The molecule has 1 saturated carbocycles. The summed E-state index contributed by atoms with van der Waals surface area (Å²) in [6.07, 6.45) is 4.34. The molecule has 0 radical (unpaired) electrons. The van der Waals surface area contributed by atoms with Gasteiger partial charge in [-0.3, -0.25) is 0 Å². The van der Waals surface area contributed by atoms with E-state index in [9.17, 15) is 8.42 Å². The molecule has 0 amide bonds. The molecule has 0 aromatic heterocycles. The molecule has 0 aromatic carbocycles. The second-order valence-electron chi connectivity index (χ2n) is 5.94. The van der Waals surface area contributed by atoms with Crippen molar-refractivity contribution in [3.8, 4) is 0 Å². The van der Waals surface area contributed by atoms with Gasteiger partial charge < -0.3 is 0 Å². The number of hydrogen-bond acceptors (Lipinski definition) is 2. The van der Waals surface area contributed by atoms with Crippen LogP contribution in [0.15, 0.2) is 0 Å². The van der Waals surface area contributed by atoms with Crippen molar-refractivity contribution >= 4 is 21.6 Å². The van der Waals surface area contributed by atoms with Gasteiger partial charge in [-0.2, -0.15) is 4.31 Å². The van der Waals surface area contributed by atoms with E-state index < -0.39 is 10.0 Å². The minimum Gasteiger partial charge on any atom is -0.212 e. The summed E-state index contributed by atoms with van der Waals surface area (Å²) in [5.41, 5.74) is 0. The van der Waals surface area contributed by atoms with Crippen LogP contribution in [-0.2, 0) is 10.0 Å². The number of sulfonamides is 1. The molecule has 1 fully saturated rings. The molecule has 3 nitrogen and oxygen atoms in total. The number of nitrogens with zero attached hydrogens (tertiary/aromatic N) is 1. The van der Waals surface area contributed by atoms with Gasteiger partial charge in [-0.15, -0.1) is 11.6 Å².